The second kappa shape index (κ2) is 6.99. The van der Waals surface area contributed by atoms with Gasteiger partial charge in [-0.2, -0.15) is 0 Å². The minimum Gasteiger partial charge on any atom is -0.496 e. The van der Waals surface area contributed by atoms with Crippen LogP contribution in [0.1, 0.15) is 23.7 Å². The zero-order valence-electron chi connectivity index (χ0n) is 15.2. The molecule has 0 amide bonds. The van der Waals surface area contributed by atoms with Crippen LogP contribution in [0, 0.1) is 5.92 Å². The molecule has 0 saturated heterocycles. The number of carbonyl (C=O) groups is 1. The lowest BCUT2D eigenvalue weighted by molar-refractivity contribution is -0.149. The first-order valence-electron chi connectivity index (χ1n) is 7.97. The summed E-state index contributed by atoms with van der Waals surface area (Å²) in [6.45, 7) is 6.59. The zero-order chi connectivity index (χ0) is 18.1. The molecule has 0 saturated carbocycles. The molecule has 24 heavy (non-hydrogen) atoms. The number of methoxy groups -OCH3 is 3. The smallest absolute Gasteiger partial charge is 0.311 e. The second-order valence-corrected chi connectivity index (χ2v) is 12.1. The summed E-state index contributed by atoms with van der Waals surface area (Å²) in [7, 11) is 2.73. The maximum atomic E-state index is 12.3. The van der Waals surface area contributed by atoms with Gasteiger partial charge in [0.1, 0.15) is 11.5 Å². The van der Waals surface area contributed by atoms with Crippen molar-refractivity contribution < 1.29 is 24.1 Å². The molecule has 0 aliphatic heterocycles. The highest BCUT2D eigenvalue weighted by molar-refractivity contribution is 6.84. The van der Waals surface area contributed by atoms with Crippen LogP contribution in [-0.4, -0.2) is 40.5 Å². The van der Waals surface area contributed by atoms with E-state index in [0.29, 0.717) is 23.5 Å². The van der Waals surface area contributed by atoms with E-state index in [-0.39, 0.29) is 0 Å². The number of hydrogen-bond acceptors (Lipinski definition) is 5. The van der Waals surface area contributed by atoms with Gasteiger partial charge in [0.25, 0.3) is 0 Å². The van der Waals surface area contributed by atoms with Gasteiger partial charge >= 0.3 is 5.97 Å². The number of rotatable bonds is 4. The molecule has 5 nitrogen and oxygen atoms in total. The van der Waals surface area contributed by atoms with Gasteiger partial charge < -0.3 is 19.3 Å². The number of benzene rings is 1. The van der Waals surface area contributed by atoms with Gasteiger partial charge in [-0.25, -0.2) is 0 Å². The third-order valence-corrected chi connectivity index (χ3v) is 6.76. The Bertz CT molecular complexity index is 660. The first-order valence-corrected chi connectivity index (χ1v) is 11.5. The monoisotopic (exact) mass is 350 g/mol. The SMILES string of the molecule is COC(=O)C1CC([Si](C)(C)C)=C(OC)c2c(OC)cccc2C1O. The summed E-state index contributed by atoms with van der Waals surface area (Å²) >= 11 is 0. The predicted molar refractivity (Wildman–Crippen MR) is 95.4 cm³/mol. The van der Waals surface area contributed by atoms with Gasteiger partial charge in [-0.1, -0.05) is 31.8 Å². The van der Waals surface area contributed by atoms with Crippen LogP contribution in [0.25, 0.3) is 5.76 Å². The average molecular weight is 350 g/mol. The molecule has 0 spiro atoms. The maximum Gasteiger partial charge on any atom is 0.311 e. The number of fused-ring (bicyclic) bond motifs is 1. The molecule has 1 aromatic carbocycles. The molecular weight excluding hydrogens is 324 g/mol. The Kier molecular flexibility index (Phi) is 5.40. The highest BCUT2D eigenvalue weighted by atomic mass is 28.3. The van der Waals surface area contributed by atoms with E-state index in [0.717, 1.165) is 10.8 Å². The van der Waals surface area contributed by atoms with Gasteiger partial charge in [-0.3, -0.25) is 4.79 Å². The lowest BCUT2D eigenvalue weighted by Gasteiger charge is -2.26. The van der Waals surface area contributed by atoms with Gasteiger partial charge in [0.15, 0.2) is 0 Å². The predicted octanol–water partition coefficient (Wildman–Crippen LogP) is 3.16. The summed E-state index contributed by atoms with van der Waals surface area (Å²) in [5, 5.41) is 12.0. The van der Waals surface area contributed by atoms with Crippen LogP contribution >= 0.6 is 0 Å². The van der Waals surface area contributed by atoms with E-state index in [1.165, 1.54) is 7.11 Å². The summed E-state index contributed by atoms with van der Waals surface area (Å²) < 4.78 is 16.2. The fourth-order valence-corrected chi connectivity index (χ4v) is 4.98. The number of aliphatic hydroxyl groups is 1. The van der Waals surface area contributed by atoms with Gasteiger partial charge in [-0.15, -0.1) is 0 Å². The summed E-state index contributed by atoms with van der Waals surface area (Å²) in [5.74, 6) is 0.274. The van der Waals surface area contributed by atoms with Crippen LogP contribution in [-0.2, 0) is 14.3 Å². The highest BCUT2D eigenvalue weighted by Crippen LogP contribution is 2.45. The molecule has 0 fully saturated rings. The number of allylic oxidation sites excluding steroid dienone is 1. The van der Waals surface area contributed by atoms with Crippen molar-refractivity contribution in [2.75, 3.05) is 21.3 Å². The van der Waals surface area contributed by atoms with Gasteiger partial charge in [0.05, 0.1) is 47.0 Å². The minimum absolute atomic E-state index is 0.413. The molecule has 0 heterocycles. The molecule has 0 bridgehead atoms. The summed E-state index contributed by atoms with van der Waals surface area (Å²) in [5.41, 5.74) is 1.37. The van der Waals surface area contributed by atoms with Gasteiger partial charge in [-0.05, 0) is 23.2 Å². The number of carbonyl (C=O) groups excluding carboxylic acids is 1. The van der Waals surface area contributed by atoms with Gasteiger partial charge in [0.2, 0.25) is 0 Å². The van der Waals surface area contributed by atoms with Crippen LogP contribution in [0.2, 0.25) is 19.6 Å². The van der Waals surface area contributed by atoms with Crippen molar-refractivity contribution in [1.82, 2.24) is 0 Å². The number of hydrogen-bond donors (Lipinski definition) is 1. The first kappa shape index (κ1) is 18.5. The van der Waals surface area contributed by atoms with E-state index < -0.39 is 26.1 Å². The standard InChI is InChI=1S/C18H26O5Si/c1-21-13-9-7-8-11-15(13)17(22-2)14(24(4,5)6)10-12(16(11)19)18(20)23-3/h7-9,12,16,19H,10H2,1-6H3. The van der Waals surface area contributed by atoms with Crippen molar-refractivity contribution >= 4 is 19.8 Å². The van der Waals surface area contributed by atoms with Gasteiger partial charge in [0, 0.05) is 0 Å². The molecule has 1 aromatic rings. The summed E-state index contributed by atoms with van der Waals surface area (Å²) in [6.07, 6.45) is -0.550. The molecule has 0 aromatic heterocycles. The third kappa shape index (κ3) is 3.21. The minimum atomic E-state index is -1.83. The first-order chi connectivity index (χ1) is 11.3. The van der Waals surface area contributed by atoms with E-state index in [1.54, 1.807) is 14.2 Å². The van der Waals surface area contributed by atoms with Crippen molar-refractivity contribution in [1.29, 1.82) is 0 Å². The summed E-state index contributed by atoms with van der Waals surface area (Å²) in [6, 6.07) is 5.46. The Morgan fingerprint density at radius 3 is 2.33 bits per heavy atom. The number of esters is 1. The fourth-order valence-electron chi connectivity index (χ4n) is 3.24. The quantitative estimate of drug-likeness (QED) is 0.667. The molecule has 1 aliphatic rings. The molecule has 2 unspecified atom stereocenters. The normalized spacial score (nSPS) is 21.0. The van der Waals surface area contributed by atoms with Crippen LogP contribution in [0.5, 0.6) is 5.75 Å². The number of aliphatic hydroxyl groups excluding tert-OH is 1. The Labute approximate surface area is 144 Å². The van der Waals surface area contributed by atoms with E-state index in [1.807, 2.05) is 18.2 Å². The number of ether oxygens (including phenoxy) is 3. The molecular formula is C18H26O5Si. The Morgan fingerprint density at radius 1 is 1.17 bits per heavy atom. The van der Waals surface area contributed by atoms with Crippen LogP contribution in [0.3, 0.4) is 0 Å². The largest absolute Gasteiger partial charge is 0.496 e. The fraction of sp³-hybridized carbons (Fsp3) is 0.500. The molecule has 0 radical (unpaired) electrons. The van der Waals surface area contributed by atoms with Crippen molar-refractivity contribution in [2.45, 2.75) is 32.2 Å². The van der Waals surface area contributed by atoms with Crippen molar-refractivity contribution in [3.63, 3.8) is 0 Å². The molecule has 132 valence electrons. The second-order valence-electron chi connectivity index (χ2n) is 6.96. The highest BCUT2D eigenvalue weighted by Gasteiger charge is 2.40. The lowest BCUT2D eigenvalue weighted by atomic mass is 9.92. The van der Waals surface area contributed by atoms with Crippen molar-refractivity contribution in [2.24, 2.45) is 5.92 Å². The molecule has 1 N–H and O–H groups in total. The zero-order valence-corrected chi connectivity index (χ0v) is 16.2. The van der Waals surface area contributed by atoms with E-state index in [4.69, 9.17) is 14.2 Å². The topological polar surface area (TPSA) is 65.0 Å². The Hall–Kier alpha value is -1.79. The molecule has 2 rings (SSSR count). The Balaban J connectivity index is 2.82. The van der Waals surface area contributed by atoms with E-state index in [9.17, 15) is 9.90 Å². The molecule has 1 aliphatic carbocycles. The van der Waals surface area contributed by atoms with Crippen molar-refractivity contribution in [3.05, 3.63) is 34.5 Å². The lowest BCUT2D eigenvalue weighted by Crippen LogP contribution is -2.30. The summed E-state index contributed by atoms with van der Waals surface area (Å²) in [4.78, 5) is 12.3. The Morgan fingerprint density at radius 2 is 1.83 bits per heavy atom. The van der Waals surface area contributed by atoms with E-state index >= 15 is 0 Å². The van der Waals surface area contributed by atoms with Crippen molar-refractivity contribution in [3.8, 4) is 5.75 Å². The van der Waals surface area contributed by atoms with E-state index in [2.05, 4.69) is 19.6 Å². The maximum absolute atomic E-state index is 12.3. The average Bonchev–Trinajstić information content (AvgIpc) is 2.68. The molecule has 2 atom stereocenters. The van der Waals surface area contributed by atoms with Crippen LogP contribution in [0.15, 0.2) is 23.4 Å². The van der Waals surface area contributed by atoms with Crippen LogP contribution in [0.4, 0.5) is 0 Å². The third-order valence-electron chi connectivity index (χ3n) is 4.52. The van der Waals surface area contributed by atoms with Crippen LogP contribution < -0.4 is 4.74 Å². The molecule has 6 heteroatoms.